The third-order valence-corrected chi connectivity index (χ3v) is 0. The van der Waals surface area contributed by atoms with E-state index in [0.717, 1.165) is 0 Å². The molecule has 0 fully saturated rings. The van der Waals surface area contributed by atoms with Crippen molar-refractivity contribution in [2.45, 2.75) is 6.92 Å². The molecule has 0 aliphatic rings. The van der Waals surface area contributed by atoms with Crippen molar-refractivity contribution < 1.29 is 25.0 Å². The number of hydrogen-bond acceptors (Lipinski definition) is 5. The van der Waals surface area contributed by atoms with Gasteiger partial charge < -0.3 is 31.6 Å². The number of hydrogen-bond donors (Lipinski definition) is 6. The Balaban J connectivity index is -0.0000000886. The molecule has 0 atom stereocenters. The van der Waals surface area contributed by atoms with Gasteiger partial charge >= 0.3 is 13.4 Å². The van der Waals surface area contributed by atoms with Gasteiger partial charge in [-0.25, -0.2) is 4.79 Å². The topological polar surface area (TPSA) is 150 Å². The lowest BCUT2D eigenvalue weighted by Crippen LogP contribution is -2.18. The van der Waals surface area contributed by atoms with Crippen molar-refractivity contribution in [2.75, 3.05) is 6.61 Å². The van der Waals surface area contributed by atoms with Gasteiger partial charge in [-0.1, -0.05) is 0 Å². The first-order valence-electron chi connectivity index (χ1n) is 2.58. The summed E-state index contributed by atoms with van der Waals surface area (Å²) in [5.74, 6) is 0. The molecule has 0 unspecified atom stereocenters. The van der Waals surface area contributed by atoms with Crippen LogP contribution < -0.4 is 11.5 Å². The number of carbonyl (C=O) groups is 1. The number of aliphatic hydroxyl groups excluding tert-OH is 1. The molecule has 0 aliphatic carbocycles. The first kappa shape index (κ1) is 16.6. The smallest absolute Gasteiger partial charge is 0.402 e. The van der Waals surface area contributed by atoms with E-state index >= 15 is 0 Å². The Bertz CT molecular complexity index is 73.4. The fraction of sp³-hybridized carbons (Fsp3) is 0.667. The quantitative estimate of drug-likeness (QED) is 0.212. The summed E-state index contributed by atoms with van der Waals surface area (Å²) >= 11 is 0. The summed E-state index contributed by atoms with van der Waals surface area (Å²) < 4.78 is 0. The molecule has 68 valence electrons. The van der Waals surface area contributed by atoms with E-state index in [4.69, 9.17) is 25.0 Å². The van der Waals surface area contributed by atoms with Crippen LogP contribution in [-0.4, -0.2) is 40.1 Å². The molecule has 0 aliphatic heterocycles. The van der Waals surface area contributed by atoms with Gasteiger partial charge in [0, 0.05) is 6.61 Å². The van der Waals surface area contributed by atoms with E-state index in [1.54, 1.807) is 6.92 Å². The molecule has 0 aromatic carbocycles. The largest absolute Gasteiger partial charge is 0.631 e. The van der Waals surface area contributed by atoms with E-state index in [9.17, 15) is 0 Å². The summed E-state index contributed by atoms with van der Waals surface area (Å²) in [7, 11) is -2.17. The summed E-state index contributed by atoms with van der Waals surface area (Å²) in [6, 6.07) is -0.833. The third kappa shape index (κ3) is 694. The number of carbonyl (C=O) groups excluding carboxylic acids is 1. The van der Waals surface area contributed by atoms with Gasteiger partial charge in [-0.2, -0.15) is 0 Å². The third-order valence-electron chi connectivity index (χ3n) is 0. The predicted octanol–water partition coefficient (Wildman–Crippen LogP) is -3.03. The minimum absolute atomic E-state index is 0.250. The van der Waals surface area contributed by atoms with Crippen molar-refractivity contribution >= 4 is 13.4 Å². The highest BCUT2D eigenvalue weighted by atomic mass is 16.5. The van der Waals surface area contributed by atoms with Gasteiger partial charge in [0.15, 0.2) is 0 Å². The summed E-state index contributed by atoms with van der Waals surface area (Å²) in [4.78, 5) is 9.00. The van der Waals surface area contributed by atoms with Gasteiger partial charge in [0.1, 0.15) is 0 Å². The molecule has 0 rings (SSSR count). The molecule has 0 radical (unpaired) electrons. The Morgan fingerprint density at radius 2 is 1.36 bits per heavy atom. The lowest BCUT2D eigenvalue weighted by Gasteiger charge is -1.69. The Labute approximate surface area is 64.4 Å². The number of urea groups is 1. The zero-order valence-electron chi connectivity index (χ0n) is 6.14. The summed E-state index contributed by atoms with van der Waals surface area (Å²) in [6.07, 6.45) is 0. The summed E-state index contributed by atoms with van der Waals surface area (Å²) in [6.45, 7) is 1.93. The first-order valence-corrected chi connectivity index (χ1v) is 2.58. The molecule has 2 amide bonds. The Hall–Kier alpha value is -0.825. The highest BCUT2D eigenvalue weighted by Crippen LogP contribution is 1.40. The maximum Gasteiger partial charge on any atom is 0.631 e. The standard InChI is InChI=1S/C2H6O.CH4N2O.BH3O3/c1-2-3;2*2-1(3)4/h3H,2H2,1H3;(H4,2,3,4);2-4H. The molecule has 0 saturated heterocycles. The lowest BCUT2D eigenvalue weighted by atomic mass is 10.3. The fourth-order valence-electron chi connectivity index (χ4n) is 0. The van der Waals surface area contributed by atoms with E-state index in [1.165, 1.54) is 0 Å². The van der Waals surface area contributed by atoms with E-state index in [1.807, 2.05) is 0 Å². The zero-order chi connectivity index (χ0) is 9.86. The van der Waals surface area contributed by atoms with Crippen LogP contribution in [0.15, 0.2) is 0 Å². The van der Waals surface area contributed by atoms with Crippen LogP contribution in [-0.2, 0) is 0 Å². The minimum Gasteiger partial charge on any atom is -0.402 e. The van der Waals surface area contributed by atoms with Crippen LogP contribution in [0, 0.1) is 0 Å². The van der Waals surface area contributed by atoms with Crippen molar-refractivity contribution in [3.8, 4) is 0 Å². The van der Waals surface area contributed by atoms with Gasteiger partial charge in [-0.05, 0) is 6.92 Å². The van der Waals surface area contributed by atoms with Gasteiger partial charge in [-0.15, -0.1) is 0 Å². The molecule has 8 heteroatoms. The van der Waals surface area contributed by atoms with Crippen molar-refractivity contribution in [1.29, 1.82) is 0 Å². The molecular formula is C3H13BN2O5. The van der Waals surface area contributed by atoms with E-state index in [-0.39, 0.29) is 6.61 Å². The van der Waals surface area contributed by atoms with Crippen LogP contribution in [0.25, 0.3) is 0 Å². The Morgan fingerprint density at radius 1 is 1.36 bits per heavy atom. The molecule has 0 heterocycles. The fourth-order valence-corrected chi connectivity index (χ4v) is 0. The van der Waals surface area contributed by atoms with Gasteiger partial charge in [0.05, 0.1) is 0 Å². The van der Waals surface area contributed by atoms with Crippen LogP contribution in [0.3, 0.4) is 0 Å². The Kier molecular flexibility index (Phi) is 24.3. The monoisotopic (exact) mass is 168 g/mol. The molecule has 7 nitrogen and oxygen atoms in total. The number of rotatable bonds is 0. The van der Waals surface area contributed by atoms with Crippen LogP contribution in [0.2, 0.25) is 0 Å². The normalized spacial score (nSPS) is 6.27. The van der Waals surface area contributed by atoms with Gasteiger partial charge in [0.2, 0.25) is 0 Å². The van der Waals surface area contributed by atoms with Gasteiger partial charge in [0.25, 0.3) is 0 Å². The second-order valence-corrected chi connectivity index (χ2v) is 1.07. The van der Waals surface area contributed by atoms with E-state index < -0.39 is 13.4 Å². The van der Waals surface area contributed by atoms with Gasteiger partial charge in [-0.3, -0.25) is 0 Å². The molecule has 11 heavy (non-hydrogen) atoms. The second kappa shape index (κ2) is 16.1. The van der Waals surface area contributed by atoms with Crippen molar-refractivity contribution in [3.63, 3.8) is 0 Å². The lowest BCUT2D eigenvalue weighted by molar-refractivity contribution is 0.256. The van der Waals surface area contributed by atoms with Crippen molar-refractivity contribution in [2.24, 2.45) is 11.5 Å². The highest BCUT2D eigenvalue weighted by Gasteiger charge is 1.92. The molecular weight excluding hydrogens is 155 g/mol. The maximum atomic E-state index is 9.00. The molecule has 8 N–H and O–H groups in total. The van der Waals surface area contributed by atoms with Crippen molar-refractivity contribution in [3.05, 3.63) is 0 Å². The SMILES string of the molecule is CCO.NC(N)=O.OB(O)O. The maximum absolute atomic E-state index is 9.00. The average molecular weight is 168 g/mol. The Morgan fingerprint density at radius 3 is 1.36 bits per heavy atom. The van der Waals surface area contributed by atoms with Crippen LogP contribution >= 0.6 is 0 Å². The number of primary amides is 2. The highest BCUT2D eigenvalue weighted by molar-refractivity contribution is 6.30. The van der Waals surface area contributed by atoms with Crippen molar-refractivity contribution in [1.82, 2.24) is 0 Å². The van der Waals surface area contributed by atoms with Crippen LogP contribution in [0.4, 0.5) is 4.79 Å². The minimum atomic E-state index is -2.17. The molecule has 0 spiro atoms. The molecule has 0 bridgehead atoms. The number of nitrogens with two attached hydrogens (primary N) is 2. The zero-order valence-corrected chi connectivity index (χ0v) is 6.14. The molecule has 0 aromatic heterocycles. The number of amides is 2. The summed E-state index contributed by atoms with van der Waals surface area (Å²) in [5.41, 5.74) is 8.50. The number of aliphatic hydroxyl groups is 1. The van der Waals surface area contributed by atoms with Crippen LogP contribution in [0.1, 0.15) is 6.92 Å². The first-order chi connectivity index (χ1) is 4.88. The molecule has 0 aromatic rings. The average Bonchev–Trinajstić information content (AvgIpc) is 1.60. The molecule has 0 saturated carbocycles. The van der Waals surface area contributed by atoms with E-state index in [0.29, 0.717) is 0 Å². The summed E-state index contributed by atoms with van der Waals surface area (Å²) in [5, 5.41) is 29.1. The van der Waals surface area contributed by atoms with E-state index in [2.05, 4.69) is 11.5 Å². The van der Waals surface area contributed by atoms with Crippen LogP contribution in [0.5, 0.6) is 0 Å². The predicted molar refractivity (Wildman–Crippen MR) is 38.9 cm³/mol. The second-order valence-electron chi connectivity index (χ2n) is 1.07.